The van der Waals surface area contributed by atoms with Gasteiger partial charge in [-0.2, -0.15) is 5.10 Å². The summed E-state index contributed by atoms with van der Waals surface area (Å²) >= 11 is 0. The molecule has 1 aromatic heterocycles. The molecule has 1 unspecified atom stereocenters. The SMILES string of the molecule is CC(Cn1ncc2ccccc2c1=O)NC(=O)N1CCC=C(c2ccccc2)C1. The Morgan fingerprint density at radius 3 is 2.72 bits per heavy atom. The third-order valence-electron chi connectivity index (χ3n) is 5.16. The predicted octanol–water partition coefficient (Wildman–Crippen LogP) is 3.28. The maximum atomic E-state index is 12.8. The van der Waals surface area contributed by atoms with Gasteiger partial charge in [0.15, 0.2) is 0 Å². The van der Waals surface area contributed by atoms with Crippen LogP contribution in [-0.4, -0.2) is 39.8 Å². The van der Waals surface area contributed by atoms with Crippen LogP contribution < -0.4 is 10.9 Å². The van der Waals surface area contributed by atoms with E-state index in [0.717, 1.165) is 22.9 Å². The van der Waals surface area contributed by atoms with Gasteiger partial charge in [0.1, 0.15) is 0 Å². The van der Waals surface area contributed by atoms with Crippen LogP contribution in [0.15, 0.2) is 71.7 Å². The molecule has 2 aromatic carbocycles. The first kappa shape index (κ1) is 18.9. The summed E-state index contributed by atoms with van der Waals surface area (Å²) in [5.74, 6) is 0. The number of carbonyl (C=O) groups is 1. The van der Waals surface area contributed by atoms with Gasteiger partial charge in [-0.1, -0.05) is 54.6 Å². The number of amides is 2. The molecular formula is C23H24N4O2. The average Bonchev–Trinajstić information content (AvgIpc) is 2.76. The quantitative estimate of drug-likeness (QED) is 0.746. The lowest BCUT2D eigenvalue weighted by atomic mass is 10.0. The highest BCUT2D eigenvalue weighted by molar-refractivity contribution is 5.80. The molecule has 0 aliphatic carbocycles. The van der Waals surface area contributed by atoms with Crippen molar-refractivity contribution in [1.29, 1.82) is 0 Å². The topological polar surface area (TPSA) is 67.2 Å². The standard InChI is InChI=1S/C23H24N4O2/c1-17(15-27-22(28)21-12-6-5-10-19(21)14-24-27)25-23(29)26-13-7-11-20(16-26)18-8-3-2-4-9-18/h2-6,8-12,14,17H,7,13,15-16H2,1H3,(H,25,29). The third kappa shape index (κ3) is 4.21. The Balaban J connectivity index is 1.41. The van der Waals surface area contributed by atoms with E-state index >= 15 is 0 Å². The van der Waals surface area contributed by atoms with Crippen LogP contribution in [0.25, 0.3) is 16.3 Å². The van der Waals surface area contributed by atoms with Gasteiger partial charge >= 0.3 is 6.03 Å². The van der Waals surface area contributed by atoms with E-state index in [1.54, 1.807) is 12.3 Å². The first-order valence-electron chi connectivity index (χ1n) is 9.86. The molecule has 0 spiro atoms. The zero-order valence-electron chi connectivity index (χ0n) is 16.4. The van der Waals surface area contributed by atoms with Crippen molar-refractivity contribution >= 4 is 22.4 Å². The molecule has 1 aliphatic rings. The Bertz CT molecular complexity index is 1100. The van der Waals surface area contributed by atoms with Gasteiger partial charge in [-0.15, -0.1) is 0 Å². The molecule has 29 heavy (non-hydrogen) atoms. The van der Waals surface area contributed by atoms with Crippen molar-refractivity contribution in [1.82, 2.24) is 20.0 Å². The molecule has 6 nitrogen and oxygen atoms in total. The molecule has 2 amide bonds. The number of nitrogens with one attached hydrogen (secondary N) is 1. The predicted molar refractivity (Wildman–Crippen MR) is 115 cm³/mol. The van der Waals surface area contributed by atoms with Crippen molar-refractivity contribution in [2.75, 3.05) is 13.1 Å². The van der Waals surface area contributed by atoms with Crippen LogP contribution in [0.4, 0.5) is 4.79 Å². The molecule has 0 bridgehead atoms. The summed E-state index contributed by atoms with van der Waals surface area (Å²) in [6, 6.07) is 17.2. The lowest BCUT2D eigenvalue weighted by molar-refractivity contribution is 0.198. The summed E-state index contributed by atoms with van der Waals surface area (Å²) in [5, 5.41) is 8.71. The molecule has 1 N–H and O–H groups in total. The molecule has 0 radical (unpaired) electrons. The largest absolute Gasteiger partial charge is 0.334 e. The molecule has 0 saturated heterocycles. The Labute approximate surface area is 169 Å². The lowest BCUT2D eigenvalue weighted by Crippen LogP contribution is -2.47. The number of rotatable bonds is 4. The molecule has 0 fully saturated rings. The minimum Gasteiger partial charge on any atom is -0.334 e. The van der Waals surface area contributed by atoms with Crippen molar-refractivity contribution in [2.45, 2.75) is 25.9 Å². The summed E-state index contributed by atoms with van der Waals surface area (Å²) < 4.78 is 1.42. The minimum atomic E-state index is -0.222. The van der Waals surface area contributed by atoms with Gasteiger partial charge in [-0.25, -0.2) is 9.48 Å². The summed E-state index contributed by atoms with van der Waals surface area (Å²) in [4.78, 5) is 27.2. The van der Waals surface area contributed by atoms with E-state index in [1.807, 2.05) is 48.2 Å². The van der Waals surface area contributed by atoms with Gasteiger partial charge in [-0.3, -0.25) is 4.79 Å². The second kappa shape index (κ2) is 8.31. The first-order valence-corrected chi connectivity index (χ1v) is 9.86. The van der Waals surface area contributed by atoms with Gasteiger partial charge in [0.05, 0.1) is 18.1 Å². The number of benzene rings is 2. The molecule has 2 heterocycles. The van der Waals surface area contributed by atoms with Crippen LogP contribution in [0.2, 0.25) is 0 Å². The van der Waals surface area contributed by atoms with Gasteiger partial charge < -0.3 is 10.2 Å². The van der Waals surface area contributed by atoms with Crippen molar-refractivity contribution in [3.63, 3.8) is 0 Å². The Hall–Kier alpha value is -3.41. The van der Waals surface area contributed by atoms with Crippen LogP contribution in [0.3, 0.4) is 0 Å². The van der Waals surface area contributed by atoms with Crippen LogP contribution in [-0.2, 0) is 6.54 Å². The summed E-state index contributed by atoms with van der Waals surface area (Å²) in [7, 11) is 0. The lowest BCUT2D eigenvalue weighted by Gasteiger charge is -2.29. The zero-order valence-corrected chi connectivity index (χ0v) is 16.4. The highest BCUT2D eigenvalue weighted by atomic mass is 16.2. The number of urea groups is 1. The van der Waals surface area contributed by atoms with E-state index in [2.05, 4.69) is 28.6 Å². The summed E-state index contributed by atoms with van der Waals surface area (Å²) in [6.45, 7) is 3.48. The van der Waals surface area contributed by atoms with Crippen LogP contribution >= 0.6 is 0 Å². The number of hydrogen-bond donors (Lipinski definition) is 1. The number of hydrogen-bond acceptors (Lipinski definition) is 3. The maximum absolute atomic E-state index is 12.8. The minimum absolute atomic E-state index is 0.118. The van der Waals surface area contributed by atoms with E-state index in [4.69, 9.17) is 0 Å². The van der Waals surface area contributed by atoms with Crippen molar-refractivity contribution in [2.24, 2.45) is 0 Å². The highest BCUT2D eigenvalue weighted by Crippen LogP contribution is 2.20. The number of aromatic nitrogens is 2. The monoisotopic (exact) mass is 388 g/mol. The van der Waals surface area contributed by atoms with Crippen LogP contribution in [0, 0.1) is 0 Å². The smallest absolute Gasteiger partial charge is 0.317 e. The van der Waals surface area contributed by atoms with Gasteiger partial charge in [0, 0.05) is 24.5 Å². The second-order valence-electron chi connectivity index (χ2n) is 7.38. The highest BCUT2D eigenvalue weighted by Gasteiger charge is 2.20. The summed E-state index contributed by atoms with van der Waals surface area (Å²) in [5.41, 5.74) is 2.16. The normalized spacial score (nSPS) is 15.1. The molecule has 3 aromatic rings. The van der Waals surface area contributed by atoms with E-state index in [1.165, 1.54) is 4.68 Å². The van der Waals surface area contributed by atoms with E-state index in [9.17, 15) is 9.59 Å². The number of nitrogens with zero attached hydrogens (tertiary/aromatic N) is 3. The molecule has 1 atom stereocenters. The maximum Gasteiger partial charge on any atom is 0.317 e. The fourth-order valence-corrected chi connectivity index (χ4v) is 3.64. The van der Waals surface area contributed by atoms with E-state index in [-0.39, 0.29) is 17.6 Å². The first-order chi connectivity index (χ1) is 14.1. The molecule has 1 aliphatic heterocycles. The van der Waals surface area contributed by atoms with E-state index < -0.39 is 0 Å². The molecule has 148 valence electrons. The zero-order chi connectivity index (χ0) is 20.2. The van der Waals surface area contributed by atoms with E-state index in [0.29, 0.717) is 25.0 Å². The second-order valence-corrected chi connectivity index (χ2v) is 7.38. The van der Waals surface area contributed by atoms with Gasteiger partial charge in [0.25, 0.3) is 5.56 Å². The molecular weight excluding hydrogens is 364 g/mol. The Morgan fingerprint density at radius 1 is 1.14 bits per heavy atom. The van der Waals surface area contributed by atoms with Crippen LogP contribution in [0.5, 0.6) is 0 Å². The average molecular weight is 388 g/mol. The fourth-order valence-electron chi connectivity index (χ4n) is 3.64. The van der Waals surface area contributed by atoms with Crippen molar-refractivity contribution in [3.8, 4) is 0 Å². The summed E-state index contributed by atoms with van der Waals surface area (Å²) in [6.07, 6.45) is 4.71. The van der Waals surface area contributed by atoms with Crippen molar-refractivity contribution < 1.29 is 4.79 Å². The van der Waals surface area contributed by atoms with Gasteiger partial charge in [-0.05, 0) is 30.5 Å². The fraction of sp³-hybridized carbons (Fsp3) is 0.261. The Morgan fingerprint density at radius 2 is 1.90 bits per heavy atom. The van der Waals surface area contributed by atoms with Crippen LogP contribution in [0.1, 0.15) is 18.9 Å². The van der Waals surface area contributed by atoms with Crippen molar-refractivity contribution in [3.05, 3.63) is 82.8 Å². The number of fused-ring (bicyclic) bond motifs is 1. The third-order valence-corrected chi connectivity index (χ3v) is 5.16. The number of carbonyl (C=O) groups excluding carboxylic acids is 1. The van der Waals surface area contributed by atoms with Gasteiger partial charge in [0.2, 0.25) is 0 Å². The molecule has 0 saturated carbocycles. The molecule has 6 heteroatoms. The molecule has 4 rings (SSSR count). The Kier molecular flexibility index (Phi) is 5.42.